The van der Waals surface area contributed by atoms with Crippen LogP contribution in [0.15, 0.2) is 47.4 Å². The summed E-state index contributed by atoms with van der Waals surface area (Å²) in [5.74, 6) is 0.00609. The first-order valence-corrected chi connectivity index (χ1v) is 10.3. The van der Waals surface area contributed by atoms with Gasteiger partial charge in [0.15, 0.2) is 6.61 Å². The average Bonchev–Trinajstić information content (AvgIpc) is 2.71. The highest BCUT2D eigenvalue weighted by Crippen LogP contribution is 2.28. The van der Waals surface area contributed by atoms with Crippen LogP contribution in [0.3, 0.4) is 0 Å². The van der Waals surface area contributed by atoms with Crippen molar-refractivity contribution in [3.05, 3.63) is 59.2 Å². The van der Waals surface area contributed by atoms with E-state index in [0.717, 1.165) is 11.1 Å². The lowest BCUT2D eigenvalue weighted by molar-refractivity contribution is -0.142. The summed E-state index contributed by atoms with van der Waals surface area (Å²) in [5.41, 5.74) is 2.98. The van der Waals surface area contributed by atoms with E-state index in [9.17, 15) is 13.2 Å². The van der Waals surface area contributed by atoms with E-state index in [4.69, 9.17) is 4.74 Å². The van der Waals surface area contributed by atoms with E-state index in [-0.39, 0.29) is 11.5 Å². The molecule has 0 aliphatic carbocycles. The Kier molecular flexibility index (Phi) is 5.82. The van der Waals surface area contributed by atoms with Crippen LogP contribution in [-0.2, 0) is 38.9 Å². The van der Waals surface area contributed by atoms with Crippen LogP contribution in [0.25, 0.3) is 0 Å². The molecule has 144 valence electrons. The Balaban J connectivity index is 1.83. The van der Waals surface area contributed by atoms with Crippen LogP contribution >= 0.6 is 0 Å². The minimum atomic E-state index is -3.60. The summed E-state index contributed by atoms with van der Waals surface area (Å²) in [5, 5.41) is 0. The van der Waals surface area contributed by atoms with Crippen molar-refractivity contribution < 1.29 is 22.7 Å². The van der Waals surface area contributed by atoms with Crippen molar-refractivity contribution in [1.82, 2.24) is 4.31 Å². The second-order valence-corrected chi connectivity index (χ2v) is 8.28. The summed E-state index contributed by atoms with van der Waals surface area (Å²) in [6.07, 6.45) is 1.29. The number of aryl methyl sites for hydroxylation is 1. The summed E-state index contributed by atoms with van der Waals surface area (Å²) in [4.78, 5) is 11.5. The molecule has 0 unspecified atom stereocenters. The number of fused-ring (bicyclic) bond motifs is 1. The predicted octanol–water partition coefficient (Wildman–Crippen LogP) is 2.55. The third kappa shape index (κ3) is 4.14. The lowest BCUT2D eigenvalue weighted by Crippen LogP contribution is -2.36. The summed E-state index contributed by atoms with van der Waals surface area (Å²) in [6, 6.07) is 12.7. The number of nitrogens with zero attached hydrogens (tertiary/aromatic N) is 1. The van der Waals surface area contributed by atoms with E-state index in [1.54, 1.807) is 12.1 Å². The second-order valence-electron chi connectivity index (χ2n) is 6.35. The molecule has 0 atom stereocenters. The lowest BCUT2D eigenvalue weighted by Gasteiger charge is -2.28. The standard InChI is InChI=1S/C20H23NO5S/c1-3-15-12-18(8-9-19(15)26-14-20(22)25-2)27(23,24)21-11-10-16-6-4-5-7-17(16)13-21/h4-9,12H,3,10-11,13-14H2,1-2H3. The molecule has 0 fully saturated rings. The Labute approximate surface area is 159 Å². The van der Waals surface area contributed by atoms with Crippen LogP contribution in [0.1, 0.15) is 23.6 Å². The highest BCUT2D eigenvalue weighted by molar-refractivity contribution is 7.89. The zero-order valence-electron chi connectivity index (χ0n) is 15.5. The zero-order valence-corrected chi connectivity index (χ0v) is 16.3. The number of carbonyl (C=O) groups is 1. The van der Waals surface area contributed by atoms with Crippen LogP contribution < -0.4 is 4.74 Å². The number of hydrogen-bond donors (Lipinski definition) is 0. The van der Waals surface area contributed by atoms with Crippen LogP contribution in [-0.4, -0.2) is 39.0 Å². The van der Waals surface area contributed by atoms with Gasteiger partial charge in [-0.3, -0.25) is 0 Å². The van der Waals surface area contributed by atoms with Gasteiger partial charge >= 0.3 is 5.97 Å². The number of esters is 1. The quantitative estimate of drug-likeness (QED) is 0.710. The van der Waals surface area contributed by atoms with Gasteiger partial charge in [-0.1, -0.05) is 31.2 Å². The van der Waals surface area contributed by atoms with E-state index in [2.05, 4.69) is 4.74 Å². The Bertz CT molecular complexity index is 939. The SMILES string of the molecule is CCc1cc(S(=O)(=O)N2CCc3ccccc3C2)ccc1OCC(=O)OC. The van der Waals surface area contributed by atoms with Gasteiger partial charge in [-0.15, -0.1) is 0 Å². The molecule has 1 aliphatic heterocycles. The maximum Gasteiger partial charge on any atom is 0.343 e. The van der Waals surface area contributed by atoms with E-state index in [1.807, 2.05) is 31.2 Å². The normalized spacial score (nSPS) is 14.4. The Morgan fingerprint density at radius 1 is 1.15 bits per heavy atom. The number of hydrogen-bond acceptors (Lipinski definition) is 5. The molecule has 0 radical (unpaired) electrons. The minimum absolute atomic E-state index is 0.210. The molecule has 2 aromatic rings. The largest absolute Gasteiger partial charge is 0.482 e. The third-order valence-corrected chi connectivity index (χ3v) is 6.56. The molecule has 0 saturated carbocycles. The van der Waals surface area contributed by atoms with Gasteiger partial charge < -0.3 is 9.47 Å². The molecule has 3 rings (SSSR count). The van der Waals surface area contributed by atoms with Gasteiger partial charge in [0.05, 0.1) is 12.0 Å². The molecule has 0 N–H and O–H groups in total. The van der Waals surface area contributed by atoms with Crippen LogP contribution in [0, 0.1) is 0 Å². The number of benzene rings is 2. The number of sulfonamides is 1. The topological polar surface area (TPSA) is 72.9 Å². The maximum absolute atomic E-state index is 13.1. The summed E-state index contributed by atoms with van der Waals surface area (Å²) < 4.78 is 37.7. The first-order valence-electron chi connectivity index (χ1n) is 8.85. The van der Waals surface area contributed by atoms with Gasteiger partial charge in [-0.05, 0) is 47.7 Å². The summed E-state index contributed by atoms with van der Waals surface area (Å²) in [7, 11) is -2.31. The van der Waals surface area contributed by atoms with Gasteiger partial charge in [0, 0.05) is 13.1 Å². The molecule has 0 saturated heterocycles. The van der Waals surface area contributed by atoms with E-state index < -0.39 is 16.0 Å². The van der Waals surface area contributed by atoms with Crippen molar-refractivity contribution in [2.75, 3.05) is 20.3 Å². The van der Waals surface area contributed by atoms with Crippen molar-refractivity contribution in [2.45, 2.75) is 31.2 Å². The average molecular weight is 389 g/mol. The molecule has 1 aliphatic rings. The Morgan fingerprint density at radius 3 is 2.59 bits per heavy atom. The molecule has 2 aromatic carbocycles. The number of rotatable bonds is 6. The predicted molar refractivity (Wildman–Crippen MR) is 101 cm³/mol. The number of methoxy groups -OCH3 is 1. The van der Waals surface area contributed by atoms with E-state index in [0.29, 0.717) is 31.7 Å². The lowest BCUT2D eigenvalue weighted by atomic mass is 10.0. The first-order chi connectivity index (χ1) is 13.0. The highest BCUT2D eigenvalue weighted by Gasteiger charge is 2.28. The smallest absolute Gasteiger partial charge is 0.343 e. The fraction of sp³-hybridized carbons (Fsp3) is 0.350. The second kappa shape index (κ2) is 8.10. The van der Waals surface area contributed by atoms with Crippen LogP contribution in [0.5, 0.6) is 5.75 Å². The first kappa shape index (κ1) is 19.4. The third-order valence-electron chi connectivity index (χ3n) is 4.72. The van der Waals surface area contributed by atoms with Crippen molar-refractivity contribution in [3.8, 4) is 5.75 Å². The molecule has 27 heavy (non-hydrogen) atoms. The summed E-state index contributed by atoms with van der Waals surface area (Å²) in [6.45, 7) is 2.54. The fourth-order valence-corrected chi connectivity index (χ4v) is 4.62. The number of ether oxygens (including phenoxy) is 2. The monoisotopic (exact) mass is 389 g/mol. The van der Waals surface area contributed by atoms with Crippen molar-refractivity contribution in [1.29, 1.82) is 0 Å². The van der Waals surface area contributed by atoms with Crippen molar-refractivity contribution >= 4 is 16.0 Å². The molecular weight excluding hydrogens is 366 g/mol. The van der Waals surface area contributed by atoms with E-state index in [1.165, 1.54) is 23.0 Å². The van der Waals surface area contributed by atoms with Gasteiger partial charge in [0.2, 0.25) is 10.0 Å². The molecule has 1 heterocycles. The molecule has 0 spiro atoms. The van der Waals surface area contributed by atoms with Crippen molar-refractivity contribution in [2.24, 2.45) is 0 Å². The van der Waals surface area contributed by atoms with E-state index >= 15 is 0 Å². The van der Waals surface area contributed by atoms with Gasteiger partial charge in [-0.2, -0.15) is 4.31 Å². The molecule has 0 amide bonds. The highest BCUT2D eigenvalue weighted by atomic mass is 32.2. The Hall–Kier alpha value is -2.38. The van der Waals surface area contributed by atoms with Gasteiger partial charge in [0.25, 0.3) is 0 Å². The molecular formula is C20H23NO5S. The van der Waals surface area contributed by atoms with Crippen LogP contribution in [0.4, 0.5) is 0 Å². The number of carbonyl (C=O) groups excluding carboxylic acids is 1. The Morgan fingerprint density at radius 2 is 1.89 bits per heavy atom. The molecule has 0 bridgehead atoms. The minimum Gasteiger partial charge on any atom is -0.482 e. The van der Waals surface area contributed by atoms with Crippen LogP contribution in [0.2, 0.25) is 0 Å². The molecule has 0 aromatic heterocycles. The fourth-order valence-electron chi connectivity index (χ4n) is 3.15. The van der Waals surface area contributed by atoms with Gasteiger partial charge in [-0.25, -0.2) is 13.2 Å². The maximum atomic E-state index is 13.1. The summed E-state index contributed by atoms with van der Waals surface area (Å²) >= 11 is 0. The molecule has 6 nitrogen and oxygen atoms in total. The van der Waals surface area contributed by atoms with Gasteiger partial charge in [0.1, 0.15) is 5.75 Å². The van der Waals surface area contributed by atoms with Crippen molar-refractivity contribution in [3.63, 3.8) is 0 Å². The molecule has 7 heteroatoms. The zero-order chi connectivity index (χ0) is 19.4.